The van der Waals surface area contributed by atoms with E-state index in [1.54, 1.807) is 7.11 Å². The molecule has 0 aliphatic carbocycles. The van der Waals surface area contributed by atoms with Gasteiger partial charge in [0.15, 0.2) is 5.11 Å². The molecule has 2 aliphatic heterocycles. The van der Waals surface area contributed by atoms with Crippen LogP contribution in [0.2, 0.25) is 5.02 Å². The molecule has 0 saturated carbocycles. The molecule has 0 radical (unpaired) electrons. The largest absolute Gasteiger partial charge is 0.383 e. The Balaban J connectivity index is 1.84. The summed E-state index contributed by atoms with van der Waals surface area (Å²) in [4.78, 5) is 9.05. The summed E-state index contributed by atoms with van der Waals surface area (Å²) in [6, 6.07) is 10.1. The number of fused-ring (bicyclic) bond motifs is 1. The first-order valence-corrected chi connectivity index (χ1v) is 11.3. The van der Waals surface area contributed by atoms with Crippen LogP contribution in [0.1, 0.15) is 49.7 Å². The molecule has 5 nitrogen and oxygen atoms in total. The molecule has 164 valence electrons. The van der Waals surface area contributed by atoms with Crippen molar-refractivity contribution in [2.45, 2.75) is 38.4 Å². The molecule has 4 rings (SSSR count). The van der Waals surface area contributed by atoms with Crippen LogP contribution in [0.4, 0.5) is 5.69 Å². The molecule has 0 amide bonds. The van der Waals surface area contributed by atoms with Crippen LogP contribution in [0.25, 0.3) is 5.57 Å². The van der Waals surface area contributed by atoms with E-state index in [4.69, 9.17) is 28.6 Å². The summed E-state index contributed by atoms with van der Waals surface area (Å²) in [6.07, 6.45) is 4.12. The predicted octanol–water partition coefficient (Wildman–Crippen LogP) is 4.99. The summed E-state index contributed by atoms with van der Waals surface area (Å²) in [7, 11) is 3.82. The lowest BCUT2D eigenvalue weighted by molar-refractivity contribution is 0.164. The number of pyridine rings is 1. The topological polar surface area (TPSA) is 40.6 Å². The molecular formula is C24H29ClN4OS. The van der Waals surface area contributed by atoms with E-state index in [9.17, 15) is 0 Å². The number of rotatable bonds is 5. The highest BCUT2D eigenvalue weighted by Crippen LogP contribution is 2.46. The summed E-state index contributed by atoms with van der Waals surface area (Å²) in [5.41, 5.74) is 5.51. The number of methoxy groups -OCH3 is 1. The highest BCUT2D eigenvalue weighted by Gasteiger charge is 2.41. The minimum absolute atomic E-state index is 0.0700. The van der Waals surface area contributed by atoms with Gasteiger partial charge in [-0.05, 0) is 68.4 Å². The fourth-order valence-corrected chi connectivity index (χ4v) is 5.19. The Morgan fingerprint density at radius 3 is 2.74 bits per heavy atom. The van der Waals surface area contributed by atoms with Gasteiger partial charge >= 0.3 is 0 Å². The normalized spacial score (nSPS) is 22.3. The van der Waals surface area contributed by atoms with Gasteiger partial charge in [-0.25, -0.2) is 0 Å². The standard InChI is InChI=1S/C24H29ClN4OS/c1-15-14-24(2,3)28(4)20-13-18(25)17(12-16(15)20)22-21(19-8-6-7-9-26-19)27-23(31)29(22)10-11-30-5/h6-9,12-14,21-22H,10-11H2,1-5H3,(H,27,31)/t21-,22+/m1/s1. The first kappa shape index (κ1) is 22.1. The van der Waals surface area contributed by atoms with Crippen molar-refractivity contribution in [1.82, 2.24) is 15.2 Å². The van der Waals surface area contributed by atoms with Crippen LogP contribution in [-0.2, 0) is 4.74 Å². The number of allylic oxidation sites excluding steroid dienone is 1. The highest BCUT2D eigenvalue weighted by atomic mass is 35.5. The van der Waals surface area contributed by atoms with Gasteiger partial charge in [0.05, 0.1) is 29.9 Å². The lowest BCUT2D eigenvalue weighted by atomic mass is 9.86. The van der Waals surface area contributed by atoms with E-state index in [0.717, 1.165) is 22.0 Å². The molecule has 0 spiro atoms. The predicted molar refractivity (Wildman–Crippen MR) is 132 cm³/mol. The van der Waals surface area contributed by atoms with Crippen LogP contribution < -0.4 is 10.2 Å². The molecule has 31 heavy (non-hydrogen) atoms. The minimum atomic E-state index is -0.0943. The fourth-order valence-electron chi connectivity index (χ4n) is 4.59. The lowest BCUT2D eigenvalue weighted by Crippen LogP contribution is -2.42. The average molecular weight is 457 g/mol. The molecule has 3 heterocycles. The van der Waals surface area contributed by atoms with Crippen molar-refractivity contribution in [1.29, 1.82) is 0 Å². The van der Waals surface area contributed by atoms with Crippen LogP contribution in [0.15, 0.2) is 42.6 Å². The Morgan fingerprint density at radius 1 is 1.29 bits per heavy atom. The number of ether oxygens (including phenoxy) is 1. The Labute approximate surface area is 195 Å². The van der Waals surface area contributed by atoms with E-state index >= 15 is 0 Å². The number of nitrogens with zero attached hydrogens (tertiary/aromatic N) is 3. The van der Waals surface area contributed by atoms with Crippen LogP contribution in [-0.4, -0.2) is 47.8 Å². The van der Waals surface area contributed by atoms with Crippen molar-refractivity contribution in [3.8, 4) is 0 Å². The SMILES string of the molecule is COCCN1C(=S)N[C@H](c2ccccn2)[C@@H]1c1cc2c(cc1Cl)N(C)C(C)(C)C=C2C. The van der Waals surface area contributed by atoms with E-state index in [1.807, 2.05) is 24.4 Å². The number of hydrogen-bond donors (Lipinski definition) is 1. The van der Waals surface area contributed by atoms with E-state index in [2.05, 4.69) is 66.1 Å². The van der Waals surface area contributed by atoms with Crippen molar-refractivity contribution < 1.29 is 4.74 Å². The van der Waals surface area contributed by atoms with Gasteiger partial charge in [-0.1, -0.05) is 23.7 Å². The molecule has 1 saturated heterocycles. The van der Waals surface area contributed by atoms with Gasteiger partial charge in [-0.3, -0.25) is 4.98 Å². The average Bonchev–Trinajstić information content (AvgIpc) is 3.06. The highest BCUT2D eigenvalue weighted by molar-refractivity contribution is 7.80. The smallest absolute Gasteiger partial charge is 0.170 e. The Kier molecular flexibility index (Phi) is 5.99. The summed E-state index contributed by atoms with van der Waals surface area (Å²) in [5.74, 6) is 0. The Bertz CT molecular complexity index is 1020. The first-order chi connectivity index (χ1) is 14.7. The summed E-state index contributed by atoms with van der Waals surface area (Å²) < 4.78 is 5.36. The van der Waals surface area contributed by atoms with Crippen molar-refractivity contribution >= 4 is 40.2 Å². The molecule has 0 unspecified atom stereocenters. The van der Waals surface area contributed by atoms with Crippen molar-refractivity contribution in [2.75, 3.05) is 32.2 Å². The zero-order valence-corrected chi connectivity index (χ0v) is 20.2. The number of aromatic nitrogens is 1. The van der Waals surface area contributed by atoms with E-state index in [1.165, 1.54) is 11.1 Å². The summed E-state index contributed by atoms with van der Waals surface area (Å²) >= 11 is 12.7. The molecule has 7 heteroatoms. The molecule has 2 aromatic rings. The zero-order chi connectivity index (χ0) is 22.3. The maximum Gasteiger partial charge on any atom is 0.170 e. The second-order valence-electron chi connectivity index (χ2n) is 8.74. The molecule has 2 atom stereocenters. The van der Waals surface area contributed by atoms with Crippen molar-refractivity contribution in [3.05, 3.63) is 64.4 Å². The van der Waals surface area contributed by atoms with Gasteiger partial charge in [0.2, 0.25) is 0 Å². The third-order valence-electron chi connectivity index (χ3n) is 6.39. The lowest BCUT2D eigenvalue weighted by Gasteiger charge is -2.41. The molecule has 1 aromatic carbocycles. The number of hydrogen-bond acceptors (Lipinski definition) is 4. The number of thiocarbonyl (C=S) groups is 1. The fraction of sp³-hybridized carbons (Fsp3) is 0.417. The molecule has 0 bridgehead atoms. The van der Waals surface area contributed by atoms with E-state index in [-0.39, 0.29) is 17.6 Å². The number of nitrogens with one attached hydrogen (secondary N) is 1. The van der Waals surface area contributed by atoms with E-state index in [0.29, 0.717) is 18.3 Å². The van der Waals surface area contributed by atoms with Crippen LogP contribution in [0.3, 0.4) is 0 Å². The van der Waals surface area contributed by atoms with Crippen LogP contribution >= 0.6 is 23.8 Å². The molecule has 1 N–H and O–H groups in total. The molecule has 2 aliphatic rings. The monoisotopic (exact) mass is 456 g/mol. The van der Waals surface area contributed by atoms with Crippen molar-refractivity contribution in [3.63, 3.8) is 0 Å². The Hall–Kier alpha value is -2.15. The Morgan fingerprint density at radius 2 is 2.06 bits per heavy atom. The summed E-state index contributed by atoms with van der Waals surface area (Å²) in [6.45, 7) is 7.84. The van der Waals surface area contributed by atoms with Gasteiger partial charge in [0.25, 0.3) is 0 Å². The van der Waals surface area contributed by atoms with Gasteiger partial charge in [0.1, 0.15) is 0 Å². The first-order valence-electron chi connectivity index (χ1n) is 10.5. The second-order valence-corrected chi connectivity index (χ2v) is 9.54. The second kappa shape index (κ2) is 8.41. The van der Waals surface area contributed by atoms with Gasteiger partial charge in [-0.15, -0.1) is 0 Å². The van der Waals surface area contributed by atoms with E-state index < -0.39 is 0 Å². The molecule has 1 fully saturated rings. The number of halogens is 1. The quantitative estimate of drug-likeness (QED) is 0.639. The number of likely N-dealkylation sites (N-methyl/N-ethyl adjacent to an activating group) is 1. The number of anilines is 1. The minimum Gasteiger partial charge on any atom is -0.383 e. The van der Waals surface area contributed by atoms with Crippen LogP contribution in [0.5, 0.6) is 0 Å². The third kappa shape index (κ3) is 3.93. The van der Waals surface area contributed by atoms with Crippen LogP contribution in [0, 0.1) is 0 Å². The maximum absolute atomic E-state index is 6.95. The maximum atomic E-state index is 6.95. The van der Waals surface area contributed by atoms with Gasteiger partial charge < -0.3 is 19.9 Å². The van der Waals surface area contributed by atoms with Crippen molar-refractivity contribution in [2.24, 2.45) is 0 Å². The molecular weight excluding hydrogens is 428 g/mol. The van der Waals surface area contributed by atoms with Gasteiger partial charge in [-0.2, -0.15) is 0 Å². The molecule has 1 aromatic heterocycles. The number of benzene rings is 1. The zero-order valence-electron chi connectivity index (χ0n) is 18.6. The van der Waals surface area contributed by atoms with Gasteiger partial charge in [0, 0.05) is 43.2 Å². The summed E-state index contributed by atoms with van der Waals surface area (Å²) in [5, 5.41) is 4.90. The third-order valence-corrected chi connectivity index (χ3v) is 7.07.